The molecule has 3 rings (SSSR count). The Kier molecular flexibility index (Phi) is 6.60. The van der Waals surface area contributed by atoms with Crippen molar-refractivity contribution in [1.82, 2.24) is 14.9 Å². The van der Waals surface area contributed by atoms with E-state index in [1.807, 2.05) is 44.2 Å². The van der Waals surface area contributed by atoms with Gasteiger partial charge in [-0.25, -0.2) is 8.42 Å². The SMILES string of the molecule is CCS(=O)(=O)N1CCC(NCc2ccccc2)C2(CC(C(=O)NC(C)C)=NO2)C1. The molecule has 1 spiro atoms. The zero-order valence-corrected chi connectivity index (χ0v) is 18.0. The molecule has 1 aromatic carbocycles. The van der Waals surface area contributed by atoms with Gasteiger partial charge >= 0.3 is 0 Å². The summed E-state index contributed by atoms with van der Waals surface area (Å²) in [4.78, 5) is 18.3. The molecule has 0 bridgehead atoms. The van der Waals surface area contributed by atoms with E-state index in [1.165, 1.54) is 4.31 Å². The maximum atomic E-state index is 12.5. The van der Waals surface area contributed by atoms with Crippen molar-refractivity contribution in [3.8, 4) is 0 Å². The third kappa shape index (κ3) is 4.96. The Morgan fingerprint density at radius 2 is 2.07 bits per heavy atom. The van der Waals surface area contributed by atoms with Gasteiger partial charge in [0.1, 0.15) is 5.71 Å². The highest BCUT2D eigenvalue weighted by molar-refractivity contribution is 7.89. The van der Waals surface area contributed by atoms with Crippen LogP contribution >= 0.6 is 0 Å². The molecule has 1 fully saturated rings. The molecule has 8 nitrogen and oxygen atoms in total. The lowest BCUT2D eigenvalue weighted by Crippen LogP contribution is -2.63. The first-order chi connectivity index (χ1) is 13.8. The highest BCUT2D eigenvalue weighted by Gasteiger charge is 2.52. The van der Waals surface area contributed by atoms with Crippen molar-refractivity contribution in [3.63, 3.8) is 0 Å². The molecule has 9 heteroatoms. The summed E-state index contributed by atoms with van der Waals surface area (Å²) in [5.74, 6) is -0.235. The summed E-state index contributed by atoms with van der Waals surface area (Å²) in [6.07, 6.45) is 0.856. The molecule has 1 saturated heterocycles. The second-order valence-electron chi connectivity index (χ2n) is 7.94. The molecule has 0 radical (unpaired) electrons. The van der Waals surface area contributed by atoms with Crippen LogP contribution in [0.1, 0.15) is 39.2 Å². The number of oxime groups is 1. The Morgan fingerprint density at radius 1 is 1.34 bits per heavy atom. The van der Waals surface area contributed by atoms with Gasteiger partial charge < -0.3 is 15.5 Å². The number of nitrogens with zero attached hydrogens (tertiary/aromatic N) is 2. The summed E-state index contributed by atoms with van der Waals surface area (Å²) < 4.78 is 26.4. The maximum absolute atomic E-state index is 12.5. The van der Waals surface area contributed by atoms with Crippen LogP contribution in [0.2, 0.25) is 0 Å². The van der Waals surface area contributed by atoms with Gasteiger partial charge in [0.2, 0.25) is 10.0 Å². The van der Waals surface area contributed by atoms with E-state index in [2.05, 4.69) is 15.8 Å². The first-order valence-electron chi connectivity index (χ1n) is 10.1. The van der Waals surface area contributed by atoms with E-state index in [0.717, 1.165) is 5.56 Å². The molecular formula is C20H30N4O4S. The fraction of sp³-hybridized carbons (Fsp3) is 0.600. The van der Waals surface area contributed by atoms with Crippen LogP contribution in [0.15, 0.2) is 35.5 Å². The van der Waals surface area contributed by atoms with Crippen molar-refractivity contribution in [3.05, 3.63) is 35.9 Å². The third-order valence-electron chi connectivity index (χ3n) is 5.39. The number of carbonyl (C=O) groups is 1. The van der Waals surface area contributed by atoms with Gasteiger partial charge in [-0.1, -0.05) is 35.5 Å². The lowest BCUT2D eigenvalue weighted by molar-refractivity contribution is -0.115. The van der Waals surface area contributed by atoms with Crippen LogP contribution in [0, 0.1) is 0 Å². The van der Waals surface area contributed by atoms with Crippen LogP contribution < -0.4 is 10.6 Å². The standard InChI is InChI=1S/C20H30N4O4S/c1-4-29(26,27)24-11-10-18(21-13-16-8-6-5-7-9-16)20(14-24)12-17(23-28-20)19(25)22-15(2)3/h5-9,15,18,21H,4,10-14H2,1-3H3,(H,22,25). The van der Waals surface area contributed by atoms with Gasteiger partial charge in [-0.2, -0.15) is 4.31 Å². The minimum absolute atomic E-state index is 0.0166. The zero-order chi connectivity index (χ0) is 21.1. The molecule has 29 heavy (non-hydrogen) atoms. The first-order valence-corrected chi connectivity index (χ1v) is 11.7. The molecule has 0 saturated carbocycles. The first kappa shape index (κ1) is 21.7. The largest absolute Gasteiger partial charge is 0.385 e. The van der Waals surface area contributed by atoms with Gasteiger partial charge in [-0.05, 0) is 32.8 Å². The van der Waals surface area contributed by atoms with Crippen LogP contribution in [0.5, 0.6) is 0 Å². The van der Waals surface area contributed by atoms with Gasteiger partial charge in [0, 0.05) is 25.6 Å². The smallest absolute Gasteiger partial charge is 0.269 e. The lowest BCUT2D eigenvalue weighted by Gasteiger charge is -2.43. The average molecular weight is 423 g/mol. The Labute approximate surface area is 172 Å². The number of sulfonamides is 1. The maximum Gasteiger partial charge on any atom is 0.269 e. The molecule has 2 aliphatic heterocycles. The van der Waals surface area contributed by atoms with Gasteiger partial charge in [-0.3, -0.25) is 4.79 Å². The second kappa shape index (κ2) is 8.81. The fourth-order valence-electron chi connectivity index (χ4n) is 3.80. The van der Waals surface area contributed by atoms with Gasteiger partial charge in [0.05, 0.1) is 18.3 Å². The highest BCUT2D eigenvalue weighted by atomic mass is 32.2. The number of rotatable bonds is 7. The van der Waals surface area contributed by atoms with E-state index >= 15 is 0 Å². The number of hydrogen-bond donors (Lipinski definition) is 2. The minimum atomic E-state index is -3.36. The van der Waals surface area contributed by atoms with E-state index in [-0.39, 0.29) is 36.7 Å². The zero-order valence-electron chi connectivity index (χ0n) is 17.2. The second-order valence-corrected chi connectivity index (χ2v) is 10.2. The summed E-state index contributed by atoms with van der Waals surface area (Å²) in [6.45, 7) is 6.62. The quantitative estimate of drug-likeness (QED) is 0.689. The van der Waals surface area contributed by atoms with Crippen LogP contribution in [0.4, 0.5) is 0 Å². The van der Waals surface area contributed by atoms with Crippen molar-refractivity contribution >= 4 is 21.6 Å². The van der Waals surface area contributed by atoms with E-state index < -0.39 is 15.6 Å². The molecule has 2 atom stereocenters. The van der Waals surface area contributed by atoms with Crippen molar-refractivity contribution in [2.24, 2.45) is 5.16 Å². The Hall–Kier alpha value is -1.97. The van der Waals surface area contributed by atoms with Crippen molar-refractivity contribution in [2.45, 2.75) is 57.8 Å². The number of nitrogens with one attached hydrogen (secondary N) is 2. The average Bonchev–Trinajstić information content (AvgIpc) is 3.12. The van der Waals surface area contributed by atoms with Crippen molar-refractivity contribution in [2.75, 3.05) is 18.8 Å². The molecule has 2 N–H and O–H groups in total. The lowest BCUT2D eigenvalue weighted by atomic mass is 9.84. The summed E-state index contributed by atoms with van der Waals surface area (Å²) in [5, 5.41) is 10.4. The molecule has 2 heterocycles. The Bertz CT molecular complexity index is 856. The van der Waals surface area contributed by atoms with Gasteiger partial charge in [0.25, 0.3) is 5.91 Å². The molecule has 1 aromatic rings. The number of carbonyl (C=O) groups excluding carboxylic acids is 1. The molecular weight excluding hydrogens is 392 g/mol. The summed E-state index contributed by atoms with van der Waals surface area (Å²) >= 11 is 0. The predicted molar refractivity (Wildman–Crippen MR) is 112 cm³/mol. The molecule has 0 aliphatic carbocycles. The normalized spacial score (nSPS) is 25.1. The van der Waals surface area contributed by atoms with E-state index in [1.54, 1.807) is 6.92 Å². The molecule has 1 amide bonds. The third-order valence-corrected chi connectivity index (χ3v) is 7.21. The Balaban J connectivity index is 1.78. The molecule has 2 aliphatic rings. The van der Waals surface area contributed by atoms with Crippen LogP contribution in [-0.2, 0) is 26.2 Å². The van der Waals surface area contributed by atoms with E-state index in [9.17, 15) is 13.2 Å². The molecule has 160 valence electrons. The van der Waals surface area contributed by atoms with Crippen LogP contribution in [0.3, 0.4) is 0 Å². The minimum Gasteiger partial charge on any atom is -0.385 e. The van der Waals surface area contributed by atoms with Crippen molar-refractivity contribution < 1.29 is 18.0 Å². The van der Waals surface area contributed by atoms with Gasteiger partial charge in [-0.15, -0.1) is 0 Å². The predicted octanol–water partition coefficient (Wildman–Crippen LogP) is 1.24. The summed E-state index contributed by atoms with van der Waals surface area (Å²) in [7, 11) is -3.36. The van der Waals surface area contributed by atoms with Gasteiger partial charge in [0.15, 0.2) is 5.60 Å². The number of amides is 1. The number of benzene rings is 1. The summed E-state index contributed by atoms with van der Waals surface area (Å²) in [6, 6.07) is 9.84. The number of hydrogen-bond acceptors (Lipinski definition) is 6. The van der Waals surface area contributed by atoms with Crippen LogP contribution in [0.25, 0.3) is 0 Å². The highest BCUT2D eigenvalue weighted by Crippen LogP contribution is 2.35. The summed E-state index contributed by atoms with van der Waals surface area (Å²) in [5.41, 5.74) is 0.544. The molecule has 0 aromatic heterocycles. The van der Waals surface area contributed by atoms with Crippen molar-refractivity contribution in [1.29, 1.82) is 0 Å². The van der Waals surface area contributed by atoms with E-state index in [4.69, 9.17) is 4.84 Å². The topological polar surface area (TPSA) is 100 Å². The monoisotopic (exact) mass is 422 g/mol. The van der Waals surface area contributed by atoms with Crippen LogP contribution in [-0.4, -0.2) is 60.9 Å². The molecule has 2 unspecified atom stereocenters. The number of piperidine rings is 1. The Morgan fingerprint density at radius 3 is 2.72 bits per heavy atom. The fourth-order valence-corrected chi connectivity index (χ4v) is 4.97. The van der Waals surface area contributed by atoms with E-state index in [0.29, 0.717) is 25.2 Å².